The molecule has 2 heterocycles. The quantitative estimate of drug-likeness (QED) is 0.332. The number of nitrogen functional groups attached to an aromatic ring is 1. The Hall–Kier alpha value is -1.86. The summed E-state index contributed by atoms with van der Waals surface area (Å²) >= 11 is 1.47. The van der Waals surface area contributed by atoms with E-state index in [0.29, 0.717) is 17.5 Å². The monoisotopic (exact) mass is 276 g/mol. The SMILES string of the molecule is CSc1nc(NN)cc(NCc2ccc(C)nc2)n1. The van der Waals surface area contributed by atoms with Crippen LogP contribution >= 0.6 is 11.8 Å². The summed E-state index contributed by atoms with van der Waals surface area (Å²) in [4.78, 5) is 12.8. The second-order valence-electron chi connectivity index (χ2n) is 3.93. The van der Waals surface area contributed by atoms with Crippen LogP contribution in [-0.2, 0) is 6.54 Å². The third-order valence-electron chi connectivity index (χ3n) is 2.48. The van der Waals surface area contributed by atoms with Crippen LogP contribution in [0.1, 0.15) is 11.3 Å². The van der Waals surface area contributed by atoms with Gasteiger partial charge in [0.15, 0.2) is 5.16 Å². The van der Waals surface area contributed by atoms with E-state index >= 15 is 0 Å². The van der Waals surface area contributed by atoms with Gasteiger partial charge in [-0.3, -0.25) is 4.98 Å². The molecule has 0 saturated heterocycles. The Morgan fingerprint density at radius 1 is 1.26 bits per heavy atom. The molecule has 0 amide bonds. The third kappa shape index (κ3) is 3.80. The molecule has 0 aromatic carbocycles. The summed E-state index contributed by atoms with van der Waals surface area (Å²) in [5, 5.41) is 3.90. The molecule has 0 atom stereocenters. The van der Waals surface area contributed by atoms with Crippen LogP contribution in [0.2, 0.25) is 0 Å². The normalized spacial score (nSPS) is 10.3. The number of aromatic nitrogens is 3. The molecule has 4 N–H and O–H groups in total. The number of rotatable bonds is 5. The van der Waals surface area contributed by atoms with Gasteiger partial charge in [0, 0.05) is 24.5 Å². The summed E-state index contributed by atoms with van der Waals surface area (Å²) < 4.78 is 0. The van der Waals surface area contributed by atoms with Crippen LogP contribution in [0.25, 0.3) is 0 Å². The van der Waals surface area contributed by atoms with Crippen LogP contribution in [0, 0.1) is 6.92 Å². The Labute approximate surface area is 116 Å². The molecule has 0 bridgehead atoms. The van der Waals surface area contributed by atoms with Crippen molar-refractivity contribution < 1.29 is 0 Å². The molecule has 2 rings (SSSR count). The Morgan fingerprint density at radius 3 is 2.68 bits per heavy atom. The highest BCUT2D eigenvalue weighted by molar-refractivity contribution is 7.98. The van der Waals surface area contributed by atoms with Gasteiger partial charge in [-0.2, -0.15) is 0 Å². The lowest BCUT2D eigenvalue weighted by Gasteiger charge is -2.08. The topological polar surface area (TPSA) is 88.8 Å². The van der Waals surface area contributed by atoms with Crippen molar-refractivity contribution >= 4 is 23.4 Å². The third-order valence-corrected chi connectivity index (χ3v) is 3.03. The molecule has 0 aliphatic carbocycles. The van der Waals surface area contributed by atoms with E-state index in [9.17, 15) is 0 Å². The minimum Gasteiger partial charge on any atom is -0.366 e. The zero-order valence-electron chi connectivity index (χ0n) is 10.8. The van der Waals surface area contributed by atoms with Crippen LogP contribution in [0.15, 0.2) is 29.6 Å². The fourth-order valence-corrected chi connectivity index (χ4v) is 1.86. The van der Waals surface area contributed by atoms with Crippen LogP contribution in [-0.4, -0.2) is 21.2 Å². The summed E-state index contributed by atoms with van der Waals surface area (Å²) in [6.45, 7) is 2.62. The Morgan fingerprint density at radius 2 is 2.05 bits per heavy atom. The number of hydrazine groups is 1. The number of thioether (sulfide) groups is 1. The van der Waals surface area contributed by atoms with Crippen molar-refractivity contribution in [3.05, 3.63) is 35.7 Å². The summed E-state index contributed by atoms with van der Waals surface area (Å²) in [5.74, 6) is 6.70. The van der Waals surface area contributed by atoms with Crippen LogP contribution in [0.5, 0.6) is 0 Å². The van der Waals surface area contributed by atoms with Gasteiger partial charge in [-0.25, -0.2) is 15.8 Å². The fraction of sp³-hybridized carbons (Fsp3) is 0.250. The maximum absolute atomic E-state index is 5.38. The van der Waals surface area contributed by atoms with Crippen molar-refractivity contribution in [2.24, 2.45) is 5.84 Å². The smallest absolute Gasteiger partial charge is 0.191 e. The molecule has 0 spiro atoms. The second-order valence-corrected chi connectivity index (χ2v) is 4.70. The van der Waals surface area contributed by atoms with E-state index in [2.05, 4.69) is 25.7 Å². The van der Waals surface area contributed by atoms with Gasteiger partial charge < -0.3 is 10.7 Å². The summed E-state index contributed by atoms with van der Waals surface area (Å²) in [5.41, 5.74) is 4.63. The first kappa shape index (κ1) is 13.6. The molecular weight excluding hydrogens is 260 g/mol. The highest BCUT2D eigenvalue weighted by Gasteiger charge is 2.03. The van der Waals surface area contributed by atoms with Crippen molar-refractivity contribution in [2.45, 2.75) is 18.6 Å². The standard InChI is InChI=1S/C12H16N6S/c1-8-3-4-9(6-14-8)7-15-10-5-11(18-13)17-12(16-10)19-2/h3-6H,7,13H2,1-2H3,(H2,15,16,17,18). The number of nitrogens with one attached hydrogen (secondary N) is 2. The number of nitrogens with two attached hydrogens (primary N) is 1. The second kappa shape index (κ2) is 6.35. The number of pyridine rings is 1. The average molecular weight is 276 g/mol. The van der Waals surface area contributed by atoms with Crippen molar-refractivity contribution in [3.8, 4) is 0 Å². The van der Waals surface area contributed by atoms with Gasteiger partial charge in [-0.15, -0.1) is 0 Å². The maximum Gasteiger partial charge on any atom is 0.191 e. The zero-order chi connectivity index (χ0) is 13.7. The van der Waals surface area contributed by atoms with Gasteiger partial charge in [0.05, 0.1) is 0 Å². The van der Waals surface area contributed by atoms with E-state index in [1.54, 1.807) is 6.07 Å². The van der Waals surface area contributed by atoms with E-state index in [-0.39, 0.29) is 0 Å². The lowest BCUT2D eigenvalue weighted by atomic mass is 10.2. The molecule has 2 aromatic heterocycles. The Kier molecular flexibility index (Phi) is 4.53. The van der Waals surface area contributed by atoms with Crippen molar-refractivity contribution in [1.82, 2.24) is 15.0 Å². The van der Waals surface area contributed by atoms with Gasteiger partial charge >= 0.3 is 0 Å². The molecule has 0 aliphatic rings. The summed E-state index contributed by atoms with van der Waals surface area (Å²) in [6, 6.07) is 5.78. The van der Waals surface area contributed by atoms with Gasteiger partial charge in [0.2, 0.25) is 0 Å². The molecule has 0 radical (unpaired) electrons. The predicted octanol–water partition coefficient (Wildman–Crippen LogP) is 1.80. The number of nitrogens with zero attached hydrogens (tertiary/aromatic N) is 3. The zero-order valence-corrected chi connectivity index (χ0v) is 11.7. The lowest BCUT2D eigenvalue weighted by Crippen LogP contribution is -2.11. The first-order chi connectivity index (χ1) is 9.21. The minimum absolute atomic E-state index is 0.587. The molecule has 100 valence electrons. The van der Waals surface area contributed by atoms with E-state index in [0.717, 1.165) is 17.1 Å². The van der Waals surface area contributed by atoms with Gasteiger partial charge in [0.25, 0.3) is 0 Å². The maximum atomic E-state index is 5.38. The molecule has 2 aromatic rings. The fourth-order valence-electron chi connectivity index (χ4n) is 1.48. The summed E-state index contributed by atoms with van der Waals surface area (Å²) in [6.07, 6.45) is 3.77. The van der Waals surface area contributed by atoms with Crippen molar-refractivity contribution in [3.63, 3.8) is 0 Å². The average Bonchev–Trinajstić information content (AvgIpc) is 2.46. The van der Waals surface area contributed by atoms with Crippen molar-refractivity contribution in [1.29, 1.82) is 0 Å². The highest BCUT2D eigenvalue weighted by atomic mass is 32.2. The minimum atomic E-state index is 0.587. The van der Waals surface area contributed by atoms with E-state index < -0.39 is 0 Å². The van der Waals surface area contributed by atoms with E-state index in [4.69, 9.17) is 5.84 Å². The largest absolute Gasteiger partial charge is 0.366 e. The number of hydrogen-bond donors (Lipinski definition) is 3. The number of anilines is 2. The highest BCUT2D eigenvalue weighted by Crippen LogP contribution is 2.17. The molecule has 0 aliphatic heterocycles. The van der Waals surface area contributed by atoms with Crippen molar-refractivity contribution in [2.75, 3.05) is 17.0 Å². The van der Waals surface area contributed by atoms with Gasteiger partial charge in [0.1, 0.15) is 11.6 Å². The first-order valence-electron chi connectivity index (χ1n) is 5.76. The Bertz CT molecular complexity index is 520. The Balaban J connectivity index is 2.08. The number of hydrogen-bond acceptors (Lipinski definition) is 7. The first-order valence-corrected chi connectivity index (χ1v) is 6.99. The van der Waals surface area contributed by atoms with Gasteiger partial charge in [-0.05, 0) is 24.8 Å². The molecule has 6 nitrogen and oxygen atoms in total. The van der Waals surface area contributed by atoms with E-state index in [1.807, 2.05) is 31.5 Å². The van der Waals surface area contributed by atoms with Crippen LogP contribution in [0.3, 0.4) is 0 Å². The molecule has 19 heavy (non-hydrogen) atoms. The van der Waals surface area contributed by atoms with E-state index in [1.165, 1.54) is 11.8 Å². The van der Waals surface area contributed by atoms with Crippen LogP contribution in [0.4, 0.5) is 11.6 Å². The van der Waals surface area contributed by atoms with Crippen LogP contribution < -0.4 is 16.6 Å². The molecular formula is C12H16N6S. The number of aryl methyl sites for hydroxylation is 1. The van der Waals surface area contributed by atoms with Gasteiger partial charge in [-0.1, -0.05) is 17.8 Å². The predicted molar refractivity (Wildman–Crippen MR) is 77.9 cm³/mol. The molecule has 0 fully saturated rings. The summed E-state index contributed by atoms with van der Waals surface area (Å²) in [7, 11) is 0. The molecule has 0 saturated carbocycles. The molecule has 0 unspecified atom stereocenters. The lowest BCUT2D eigenvalue weighted by molar-refractivity contribution is 0.951. The molecule has 7 heteroatoms.